The van der Waals surface area contributed by atoms with Crippen LogP contribution in [0, 0.1) is 0 Å². The molecule has 11 heteroatoms. The highest BCUT2D eigenvalue weighted by molar-refractivity contribution is 7.21. The van der Waals surface area contributed by atoms with Gasteiger partial charge in [0.25, 0.3) is 5.91 Å². The fourth-order valence-corrected chi connectivity index (χ4v) is 5.03. The molecule has 0 aliphatic carbocycles. The summed E-state index contributed by atoms with van der Waals surface area (Å²) in [6.45, 7) is 3.22. The third-order valence-corrected chi connectivity index (χ3v) is 6.49. The molecular weight excluding hydrogens is 435 g/mol. The summed E-state index contributed by atoms with van der Waals surface area (Å²) in [7, 11) is 0. The molecule has 2 N–H and O–H groups in total. The van der Waals surface area contributed by atoms with E-state index in [0.717, 1.165) is 16.9 Å². The molecule has 4 rings (SSSR count). The molecule has 2 aromatic heterocycles. The SMILES string of the molecule is O=C1CN(Cc2cn(CCNC(=O)c3sc4cccc(Cl)c4c3Cl)nn2)CCN1. The summed E-state index contributed by atoms with van der Waals surface area (Å²) in [5, 5.41) is 15.5. The Morgan fingerprint density at radius 2 is 2.21 bits per heavy atom. The van der Waals surface area contributed by atoms with Crippen molar-refractivity contribution < 1.29 is 9.59 Å². The van der Waals surface area contributed by atoms with Crippen molar-refractivity contribution in [3.8, 4) is 0 Å². The number of piperazine rings is 1. The van der Waals surface area contributed by atoms with Gasteiger partial charge in [0.2, 0.25) is 5.91 Å². The third kappa shape index (κ3) is 4.53. The number of nitrogens with zero attached hydrogens (tertiary/aromatic N) is 4. The molecule has 29 heavy (non-hydrogen) atoms. The Labute approximate surface area is 180 Å². The molecule has 2 amide bonds. The van der Waals surface area contributed by atoms with E-state index in [2.05, 4.69) is 20.9 Å². The van der Waals surface area contributed by atoms with Gasteiger partial charge in [0.05, 0.1) is 28.8 Å². The molecule has 0 atom stereocenters. The minimum absolute atomic E-state index is 0.0209. The van der Waals surface area contributed by atoms with Gasteiger partial charge in [-0.15, -0.1) is 16.4 Å². The highest BCUT2D eigenvalue weighted by atomic mass is 35.5. The summed E-state index contributed by atoms with van der Waals surface area (Å²) >= 11 is 13.9. The van der Waals surface area contributed by atoms with Gasteiger partial charge in [-0.25, -0.2) is 0 Å². The van der Waals surface area contributed by atoms with Crippen LogP contribution in [0.2, 0.25) is 10.0 Å². The Bertz CT molecular complexity index is 1070. The Kier molecular flexibility index (Phi) is 6.00. The maximum atomic E-state index is 12.5. The molecular formula is C18H18Cl2N6O2S. The first-order valence-corrected chi connectivity index (χ1v) is 10.6. The van der Waals surface area contributed by atoms with Gasteiger partial charge in [0.15, 0.2) is 0 Å². The number of aromatic nitrogens is 3. The van der Waals surface area contributed by atoms with Gasteiger partial charge in [-0.3, -0.25) is 19.2 Å². The van der Waals surface area contributed by atoms with Crippen molar-refractivity contribution in [1.82, 2.24) is 30.5 Å². The first kappa shape index (κ1) is 20.1. The number of rotatable bonds is 6. The summed E-state index contributed by atoms with van der Waals surface area (Å²) in [5.41, 5.74) is 0.785. The van der Waals surface area contributed by atoms with Crippen molar-refractivity contribution in [2.75, 3.05) is 26.2 Å². The van der Waals surface area contributed by atoms with E-state index in [-0.39, 0.29) is 11.8 Å². The average molecular weight is 453 g/mol. The lowest BCUT2D eigenvalue weighted by atomic mass is 10.2. The van der Waals surface area contributed by atoms with Crippen LogP contribution >= 0.6 is 34.5 Å². The van der Waals surface area contributed by atoms with Crippen molar-refractivity contribution in [3.63, 3.8) is 0 Å². The molecule has 1 aliphatic rings. The maximum absolute atomic E-state index is 12.5. The molecule has 0 saturated carbocycles. The summed E-state index contributed by atoms with van der Waals surface area (Å²) < 4.78 is 2.54. The fraction of sp³-hybridized carbons (Fsp3) is 0.333. The Morgan fingerprint density at radius 1 is 1.34 bits per heavy atom. The number of hydrogen-bond acceptors (Lipinski definition) is 6. The zero-order valence-corrected chi connectivity index (χ0v) is 17.6. The maximum Gasteiger partial charge on any atom is 0.262 e. The molecule has 1 saturated heterocycles. The first-order valence-electron chi connectivity index (χ1n) is 9.04. The topological polar surface area (TPSA) is 92.2 Å². The average Bonchev–Trinajstić information content (AvgIpc) is 3.27. The molecule has 152 valence electrons. The van der Waals surface area contributed by atoms with Gasteiger partial charge < -0.3 is 10.6 Å². The van der Waals surface area contributed by atoms with Gasteiger partial charge >= 0.3 is 0 Å². The van der Waals surface area contributed by atoms with E-state index < -0.39 is 0 Å². The normalized spacial score (nSPS) is 14.9. The van der Waals surface area contributed by atoms with Crippen LogP contribution in [-0.2, 0) is 17.9 Å². The fourth-order valence-electron chi connectivity index (χ4n) is 3.16. The molecule has 1 aromatic carbocycles. The number of fused-ring (bicyclic) bond motifs is 1. The van der Waals surface area contributed by atoms with Gasteiger partial charge in [0, 0.05) is 42.5 Å². The standard InChI is InChI=1S/C18H18Cl2N6O2S/c19-12-2-1-3-13-15(12)16(20)17(29-13)18(28)22-5-7-26-9-11(23-24-26)8-25-6-4-21-14(27)10-25/h1-3,9H,4-8,10H2,(H,21,27)(H,22,28). The molecule has 8 nitrogen and oxygen atoms in total. The van der Waals surface area contributed by atoms with Crippen LogP contribution in [0.4, 0.5) is 0 Å². The zero-order chi connectivity index (χ0) is 20.4. The quantitative estimate of drug-likeness (QED) is 0.597. The van der Waals surface area contributed by atoms with Crippen LogP contribution in [0.25, 0.3) is 10.1 Å². The lowest BCUT2D eigenvalue weighted by Crippen LogP contribution is -2.47. The van der Waals surface area contributed by atoms with Crippen LogP contribution in [0.5, 0.6) is 0 Å². The van der Waals surface area contributed by atoms with E-state index in [1.165, 1.54) is 11.3 Å². The monoisotopic (exact) mass is 452 g/mol. The number of benzene rings is 1. The van der Waals surface area contributed by atoms with Crippen LogP contribution in [-0.4, -0.2) is 57.9 Å². The highest BCUT2D eigenvalue weighted by Crippen LogP contribution is 2.39. The summed E-state index contributed by atoms with van der Waals surface area (Å²) in [6, 6.07) is 5.47. The van der Waals surface area contributed by atoms with Crippen LogP contribution in [0.15, 0.2) is 24.4 Å². The van der Waals surface area contributed by atoms with E-state index in [0.29, 0.717) is 53.0 Å². The predicted molar refractivity (Wildman–Crippen MR) is 112 cm³/mol. The molecule has 3 aromatic rings. The van der Waals surface area contributed by atoms with E-state index in [1.807, 2.05) is 23.2 Å². The Hall–Kier alpha value is -2.20. The largest absolute Gasteiger partial charge is 0.354 e. The zero-order valence-electron chi connectivity index (χ0n) is 15.3. The molecule has 3 heterocycles. The van der Waals surface area contributed by atoms with Gasteiger partial charge in [-0.1, -0.05) is 34.5 Å². The third-order valence-electron chi connectivity index (χ3n) is 4.53. The second kappa shape index (κ2) is 8.66. The predicted octanol–water partition coefficient (Wildman–Crippen LogP) is 2.16. The summed E-state index contributed by atoms with van der Waals surface area (Å²) in [5.74, 6) is -0.223. The van der Waals surface area contributed by atoms with Crippen LogP contribution < -0.4 is 10.6 Å². The van der Waals surface area contributed by atoms with Crippen LogP contribution in [0.1, 0.15) is 15.4 Å². The number of thiophene rings is 1. The second-order valence-electron chi connectivity index (χ2n) is 6.65. The number of amides is 2. The minimum Gasteiger partial charge on any atom is -0.354 e. The lowest BCUT2D eigenvalue weighted by molar-refractivity contribution is -0.124. The number of hydrogen-bond donors (Lipinski definition) is 2. The van der Waals surface area contributed by atoms with Gasteiger partial charge in [-0.05, 0) is 12.1 Å². The summed E-state index contributed by atoms with van der Waals surface area (Å²) in [6.07, 6.45) is 1.82. The first-order chi connectivity index (χ1) is 14.0. The van der Waals surface area contributed by atoms with Crippen molar-refractivity contribution in [3.05, 3.63) is 45.0 Å². The van der Waals surface area contributed by atoms with Crippen molar-refractivity contribution in [2.24, 2.45) is 0 Å². The number of nitrogens with one attached hydrogen (secondary N) is 2. The van der Waals surface area contributed by atoms with E-state index in [4.69, 9.17) is 23.2 Å². The Balaban J connectivity index is 1.32. The molecule has 1 fully saturated rings. The van der Waals surface area contributed by atoms with Gasteiger partial charge in [-0.2, -0.15) is 0 Å². The molecule has 0 bridgehead atoms. The van der Waals surface area contributed by atoms with Crippen molar-refractivity contribution in [2.45, 2.75) is 13.1 Å². The minimum atomic E-state index is -0.244. The van der Waals surface area contributed by atoms with E-state index in [1.54, 1.807) is 10.7 Å². The molecule has 0 unspecified atom stereocenters. The molecule has 0 radical (unpaired) electrons. The van der Waals surface area contributed by atoms with Crippen molar-refractivity contribution >= 4 is 56.4 Å². The van der Waals surface area contributed by atoms with E-state index >= 15 is 0 Å². The van der Waals surface area contributed by atoms with E-state index in [9.17, 15) is 9.59 Å². The summed E-state index contributed by atoms with van der Waals surface area (Å²) in [4.78, 5) is 26.4. The van der Waals surface area contributed by atoms with Crippen LogP contribution in [0.3, 0.4) is 0 Å². The number of carbonyl (C=O) groups excluding carboxylic acids is 2. The number of halogens is 2. The smallest absolute Gasteiger partial charge is 0.262 e. The number of carbonyl (C=O) groups is 2. The highest BCUT2D eigenvalue weighted by Gasteiger charge is 2.19. The lowest BCUT2D eigenvalue weighted by Gasteiger charge is -2.25. The van der Waals surface area contributed by atoms with Crippen molar-refractivity contribution in [1.29, 1.82) is 0 Å². The molecule has 0 spiro atoms. The Morgan fingerprint density at radius 3 is 3.00 bits per heavy atom. The molecule has 1 aliphatic heterocycles. The second-order valence-corrected chi connectivity index (χ2v) is 8.48. The van der Waals surface area contributed by atoms with Gasteiger partial charge in [0.1, 0.15) is 4.88 Å².